The van der Waals surface area contributed by atoms with Gasteiger partial charge in [-0.2, -0.15) is 13.2 Å². The average Bonchev–Trinajstić information content (AvgIpc) is 3.20. The summed E-state index contributed by atoms with van der Waals surface area (Å²) in [5.74, 6) is 0.681. The van der Waals surface area contributed by atoms with Gasteiger partial charge in [-0.3, -0.25) is 9.89 Å². The minimum Gasteiger partial charge on any atom is -0.356 e. The Balaban J connectivity index is 1.39. The van der Waals surface area contributed by atoms with Crippen LogP contribution in [0.15, 0.2) is 34.6 Å². The third-order valence-electron chi connectivity index (χ3n) is 5.28. The van der Waals surface area contributed by atoms with Crippen molar-refractivity contribution < 1.29 is 13.2 Å². The molecule has 30 heavy (non-hydrogen) atoms. The van der Waals surface area contributed by atoms with Crippen molar-refractivity contribution >= 4 is 17.3 Å². The summed E-state index contributed by atoms with van der Waals surface area (Å²) in [6, 6.07) is 8.82. The molecule has 1 fully saturated rings. The van der Waals surface area contributed by atoms with E-state index in [0.29, 0.717) is 30.0 Å². The van der Waals surface area contributed by atoms with Crippen molar-refractivity contribution in [3.05, 3.63) is 51.5 Å². The van der Waals surface area contributed by atoms with Gasteiger partial charge in [-0.1, -0.05) is 24.3 Å². The van der Waals surface area contributed by atoms with Gasteiger partial charge in [-0.15, -0.1) is 11.3 Å². The smallest absolute Gasteiger partial charge is 0.356 e. The highest BCUT2D eigenvalue weighted by molar-refractivity contribution is 7.09. The van der Waals surface area contributed by atoms with Gasteiger partial charge in [0, 0.05) is 51.1 Å². The largest absolute Gasteiger partial charge is 0.434 e. The van der Waals surface area contributed by atoms with Crippen molar-refractivity contribution in [2.24, 2.45) is 4.99 Å². The van der Waals surface area contributed by atoms with E-state index in [9.17, 15) is 13.2 Å². The molecule has 0 aliphatic carbocycles. The van der Waals surface area contributed by atoms with Crippen LogP contribution in [0.3, 0.4) is 0 Å². The number of likely N-dealkylation sites (tertiary alicyclic amines) is 1. The number of rotatable bonds is 6. The van der Waals surface area contributed by atoms with E-state index in [4.69, 9.17) is 0 Å². The highest BCUT2D eigenvalue weighted by Gasteiger charge is 2.33. The predicted octanol–water partition coefficient (Wildman–Crippen LogP) is 3.84. The molecule has 0 atom stereocenters. The van der Waals surface area contributed by atoms with Crippen molar-refractivity contribution in [1.29, 1.82) is 0 Å². The van der Waals surface area contributed by atoms with Crippen LogP contribution >= 0.6 is 11.3 Å². The van der Waals surface area contributed by atoms with Crippen LogP contribution in [-0.2, 0) is 19.1 Å². The molecule has 0 bridgehead atoms. The number of thiazole rings is 1. The van der Waals surface area contributed by atoms with Crippen LogP contribution in [0.2, 0.25) is 0 Å². The van der Waals surface area contributed by atoms with Gasteiger partial charge in [0.1, 0.15) is 0 Å². The number of hydrogen-bond donors (Lipinski definition) is 2. The van der Waals surface area contributed by atoms with Gasteiger partial charge < -0.3 is 10.6 Å². The Hall–Kier alpha value is -2.13. The molecule has 2 aromatic rings. The molecular weight excluding hydrogens is 411 g/mol. The van der Waals surface area contributed by atoms with Crippen LogP contribution in [-0.4, -0.2) is 48.6 Å². The Labute approximate surface area is 179 Å². The van der Waals surface area contributed by atoms with Crippen molar-refractivity contribution in [1.82, 2.24) is 20.5 Å². The first kappa shape index (κ1) is 22.6. The summed E-state index contributed by atoms with van der Waals surface area (Å²) in [6.45, 7) is 5.64. The fourth-order valence-electron chi connectivity index (χ4n) is 3.50. The van der Waals surface area contributed by atoms with Gasteiger partial charge in [0.15, 0.2) is 11.7 Å². The number of hydrogen-bond acceptors (Lipinski definition) is 4. The van der Waals surface area contributed by atoms with E-state index in [-0.39, 0.29) is 0 Å². The Morgan fingerprint density at radius 2 is 2.00 bits per heavy atom. The van der Waals surface area contributed by atoms with Gasteiger partial charge in [0.25, 0.3) is 0 Å². The number of halogens is 3. The van der Waals surface area contributed by atoms with E-state index in [1.54, 1.807) is 7.05 Å². The molecule has 5 nitrogen and oxygen atoms in total. The molecule has 1 aliphatic rings. The molecule has 164 valence electrons. The van der Waals surface area contributed by atoms with Crippen LogP contribution in [0.4, 0.5) is 13.2 Å². The SMILES string of the molecule is CN=C(NCCc1nc(C(F)(F)F)cs1)NC1CCN(Cc2ccccc2C)CC1. The first-order chi connectivity index (χ1) is 14.3. The maximum atomic E-state index is 12.6. The molecule has 1 saturated heterocycles. The number of piperidine rings is 1. The molecule has 2 N–H and O–H groups in total. The first-order valence-corrected chi connectivity index (χ1v) is 11.0. The van der Waals surface area contributed by atoms with Crippen molar-refractivity contribution in [2.45, 2.75) is 44.9 Å². The number of alkyl halides is 3. The lowest BCUT2D eigenvalue weighted by atomic mass is 10.0. The highest BCUT2D eigenvalue weighted by Crippen LogP contribution is 2.30. The number of nitrogens with one attached hydrogen (secondary N) is 2. The normalized spacial score (nSPS) is 16.6. The average molecular weight is 440 g/mol. The molecule has 0 spiro atoms. The number of aliphatic imine (C=N–C) groups is 1. The van der Waals surface area contributed by atoms with Crippen molar-refractivity contribution in [3.8, 4) is 0 Å². The lowest BCUT2D eigenvalue weighted by Crippen LogP contribution is -2.48. The Kier molecular flexibility index (Phi) is 7.71. The zero-order chi connectivity index (χ0) is 21.6. The molecule has 0 amide bonds. The quantitative estimate of drug-likeness (QED) is 0.531. The highest BCUT2D eigenvalue weighted by atomic mass is 32.1. The van der Waals surface area contributed by atoms with E-state index in [1.165, 1.54) is 11.1 Å². The third kappa shape index (κ3) is 6.43. The second kappa shape index (κ2) is 10.3. The Bertz CT molecular complexity index is 841. The first-order valence-electron chi connectivity index (χ1n) is 10.1. The van der Waals surface area contributed by atoms with E-state index >= 15 is 0 Å². The third-order valence-corrected chi connectivity index (χ3v) is 6.19. The maximum absolute atomic E-state index is 12.6. The van der Waals surface area contributed by atoms with Crippen LogP contribution in [0, 0.1) is 6.92 Å². The topological polar surface area (TPSA) is 52.6 Å². The summed E-state index contributed by atoms with van der Waals surface area (Å²) in [6.07, 6.45) is -1.91. The van der Waals surface area contributed by atoms with Crippen LogP contribution in [0.1, 0.15) is 34.7 Å². The van der Waals surface area contributed by atoms with E-state index in [2.05, 4.69) is 56.7 Å². The summed E-state index contributed by atoms with van der Waals surface area (Å²) >= 11 is 1.04. The zero-order valence-corrected chi connectivity index (χ0v) is 18.1. The predicted molar refractivity (Wildman–Crippen MR) is 115 cm³/mol. The van der Waals surface area contributed by atoms with Crippen LogP contribution in [0.5, 0.6) is 0 Å². The van der Waals surface area contributed by atoms with Gasteiger partial charge in [-0.05, 0) is 30.9 Å². The molecule has 1 aromatic carbocycles. The molecule has 3 rings (SSSR count). The molecule has 0 radical (unpaired) electrons. The summed E-state index contributed by atoms with van der Waals surface area (Å²) in [5, 5.41) is 8.14. The lowest BCUT2D eigenvalue weighted by molar-refractivity contribution is -0.140. The Morgan fingerprint density at radius 1 is 1.27 bits per heavy atom. The number of nitrogens with zero attached hydrogens (tertiary/aromatic N) is 3. The second-order valence-corrected chi connectivity index (χ2v) is 8.44. The molecule has 2 heterocycles. The monoisotopic (exact) mass is 439 g/mol. The Morgan fingerprint density at radius 3 is 2.63 bits per heavy atom. The number of aromatic nitrogens is 1. The number of guanidine groups is 1. The van der Waals surface area contributed by atoms with E-state index < -0.39 is 11.9 Å². The zero-order valence-electron chi connectivity index (χ0n) is 17.3. The van der Waals surface area contributed by atoms with Gasteiger partial charge >= 0.3 is 6.18 Å². The van der Waals surface area contributed by atoms with Crippen LogP contribution in [0.25, 0.3) is 0 Å². The molecule has 1 aliphatic heterocycles. The van der Waals surface area contributed by atoms with Crippen LogP contribution < -0.4 is 10.6 Å². The molecule has 0 saturated carbocycles. The van der Waals surface area contributed by atoms with Gasteiger partial charge in [-0.25, -0.2) is 4.98 Å². The summed E-state index contributed by atoms with van der Waals surface area (Å²) in [5.41, 5.74) is 1.88. The van der Waals surface area contributed by atoms with Gasteiger partial charge in [0.05, 0.1) is 5.01 Å². The van der Waals surface area contributed by atoms with E-state index in [1.807, 2.05) is 0 Å². The molecule has 1 aromatic heterocycles. The molecular formula is C21H28F3N5S. The molecule has 0 unspecified atom stereocenters. The van der Waals surface area contributed by atoms with Crippen molar-refractivity contribution in [3.63, 3.8) is 0 Å². The fourth-order valence-corrected chi connectivity index (χ4v) is 4.30. The number of benzene rings is 1. The lowest BCUT2D eigenvalue weighted by Gasteiger charge is -2.33. The summed E-state index contributed by atoms with van der Waals surface area (Å²) in [7, 11) is 1.70. The van der Waals surface area contributed by atoms with Crippen molar-refractivity contribution in [2.75, 3.05) is 26.7 Å². The fraction of sp³-hybridized carbons (Fsp3) is 0.524. The minimum atomic E-state index is -4.38. The summed E-state index contributed by atoms with van der Waals surface area (Å²) < 4.78 is 37.9. The standard InChI is InChI=1S/C21H28F3N5S/c1-15-5-3-4-6-16(15)13-29-11-8-17(9-12-29)27-20(25-2)26-10-7-19-28-18(14-30-19)21(22,23)24/h3-6,14,17H,7-13H2,1-2H3,(H2,25,26,27). The van der Waals surface area contributed by atoms with E-state index in [0.717, 1.165) is 49.2 Å². The minimum absolute atomic E-state index is 0.334. The second-order valence-electron chi connectivity index (χ2n) is 7.49. The maximum Gasteiger partial charge on any atom is 0.434 e. The van der Waals surface area contributed by atoms with Gasteiger partial charge in [0.2, 0.25) is 0 Å². The summed E-state index contributed by atoms with van der Waals surface area (Å²) in [4.78, 5) is 10.4. The number of aryl methyl sites for hydroxylation is 1. The molecule has 9 heteroatoms.